The van der Waals surface area contributed by atoms with Crippen molar-refractivity contribution >= 4 is 17.4 Å². The van der Waals surface area contributed by atoms with E-state index < -0.39 is 0 Å². The fourth-order valence-corrected chi connectivity index (χ4v) is 2.75. The van der Waals surface area contributed by atoms with Crippen molar-refractivity contribution in [2.24, 2.45) is 0 Å². The molecule has 0 aliphatic heterocycles. The molecular formula is C15H12N4S. The van der Waals surface area contributed by atoms with Gasteiger partial charge < -0.3 is 0 Å². The van der Waals surface area contributed by atoms with Gasteiger partial charge in [0.25, 0.3) is 0 Å². The summed E-state index contributed by atoms with van der Waals surface area (Å²) in [6, 6.07) is 13.9. The quantitative estimate of drug-likeness (QED) is 0.692. The predicted molar refractivity (Wildman–Crippen MR) is 78.7 cm³/mol. The molecule has 0 saturated heterocycles. The van der Waals surface area contributed by atoms with Crippen LogP contribution < -0.4 is 0 Å². The maximum atomic E-state index is 9.08. The van der Waals surface area contributed by atoms with Gasteiger partial charge in [-0.25, -0.2) is 9.50 Å². The highest BCUT2D eigenvalue weighted by atomic mass is 32.2. The van der Waals surface area contributed by atoms with Gasteiger partial charge in [0.2, 0.25) is 0 Å². The second kappa shape index (κ2) is 5.35. The highest BCUT2D eigenvalue weighted by Gasteiger charge is 2.09. The van der Waals surface area contributed by atoms with Crippen LogP contribution in [0, 0.1) is 11.3 Å². The lowest BCUT2D eigenvalue weighted by atomic mass is 10.1. The molecule has 0 N–H and O–H groups in total. The molecule has 1 aromatic carbocycles. The molecule has 5 heteroatoms. The number of hydrogen-bond acceptors (Lipinski definition) is 4. The molecule has 2 heterocycles. The van der Waals surface area contributed by atoms with Crippen molar-refractivity contribution in [1.29, 1.82) is 5.26 Å². The summed E-state index contributed by atoms with van der Waals surface area (Å²) >= 11 is 1.71. The Morgan fingerprint density at radius 1 is 1.25 bits per heavy atom. The number of pyridine rings is 1. The minimum Gasteiger partial charge on any atom is -0.219 e. The van der Waals surface area contributed by atoms with E-state index in [1.165, 1.54) is 10.5 Å². The Hall–Kier alpha value is -2.32. The zero-order valence-electron chi connectivity index (χ0n) is 10.9. The minimum absolute atomic E-state index is 0.546. The van der Waals surface area contributed by atoms with Crippen LogP contribution in [0.15, 0.2) is 47.5 Å². The van der Waals surface area contributed by atoms with Gasteiger partial charge in [-0.3, -0.25) is 0 Å². The number of aromatic nitrogens is 3. The molecule has 0 saturated carbocycles. The first-order valence-electron chi connectivity index (χ1n) is 6.18. The van der Waals surface area contributed by atoms with E-state index in [1.54, 1.807) is 28.4 Å². The lowest BCUT2D eigenvalue weighted by Crippen LogP contribution is -1.93. The van der Waals surface area contributed by atoms with E-state index >= 15 is 0 Å². The second-order valence-corrected chi connectivity index (χ2v) is 5.17. The predicted octanol–water partition coefficient (Wildman–Crippen LogP) is 2.91. The Bertz CT molecular complexity index is 801. The molecule has 20 heavy (non-hydrogen) atoms. The average molecular weight is 280 g/mol. The number of rotatable bonds is 3. The first-order valence-corrected chi connectivity index (χ1v) is 7.40. The monoisotopic (exact) mass is 280 g/mol. The number of nitrogens with zero attached hydrogens (tertiary/aromatic N) is 4. The van der Waals surface area contributed by atoms with Crippen molar-refractivity contribution in [3.05, 3.63) is 59.5 Å². The molecule has 0 radical (unpaired) electrons. The molecule has 0 unspecified atom stereocenters. The normalized spacial score (nSPS) is 10.6. The van der Waals surface area contributed by atoms with Crippen molar-refractivity contribution < 1.29 is 0 Å². The molecule has 3 aromatic rings. The Labute approximate surface area is 121 Å². The van der Waals surface area contributed by atoms with Gasteiger partial charge in [-0.1, -0.05) is 18.2 Å². The Kier molecular flexibility index (Phi) is 3.40. The summed E-state index contributed by atoms with van der Waals surface area (Å²) < 4.78 is 1.66. The van der Waals surface area contributed by atoms with Gasteiger partial charge in [0.1, 0.15) is 6.07 Å². The fraction of sp³-hybridized carbons (Fsp3) is 0.133. The third kappa shape index (κ3) is 2.26. The van der Waals surface area contributed by atoms with Gasteiger partial charge in [0.15, 0.2) is 11.5 Å². The molecule has 0 amide bonds. The SMILES string of the molecule is CSc1ccccc1Cc1nc2c(C#N)cccn2n1. The molecule has 0 spiro atoms. The summed E-state index contributed by atoms with van der Waals surface area (Å²) in [4.78, 5) is 5.70. The largest absolute Gasteiger partial charge is 0.219 e. The maximum Gasteiger partial charge on any atom is 0.173 e. The summed E-state index contributed by atoms with van der Waals surface area (Å²) in [5, 5.41) is 13.5. The van der Waals surface area contributed by atoms with Crippen LogP contribution in [0.25, 0.3) is 5.65 Å². The van der Waals surface area contributed by atoms with Crippen LogP contribution in [0.4, 0.5) is 0 Å². The topological polar surface area (TPSA) is 54.0 Å². The van der Waals surface area contributed by atoms with Crippen molar-refractivity contribution in [1.82, 2.24) is 14.6 Å². The maximum absolute atomic E-state index is 9.08. The number of benzene rings is 1. The molecular weight excluding hydrogens is 268 g/mol. The Morgan fingerprint density at radius 3 is 2.90 bits per heavy atom. The molecule has 0 bridgehead atoms. The van der Waals surface area contributed by atoms with Crippen LogP contribution in [0.3, 0.4) is 0 Å². The van der Waals surface area contributed by atoms with Gasteiger partial charge >= 0.3 is 0 Å². The van der Waals surface area contributed by atoms with E-state index in [2.05, 4.69) is 34.5 Å². The van der Waals surface area contributed by atoms with Gasteiger partial charge in [0.05, 0.1) is 5.56 Å². The van der Waals surface area contributed by atoms with Crippen LogP contribution in [0.2, 0.25) is 0 Å². The molecule has 0 atom stereocenters. The highest BCUT2D eigenvalue weighted by molar-refractivity contribution is 7.98. The first kappa shape index (κ1) is 12.7. The zero-order chi connectivity index (χ0) is 13.9. The smallest absolute Gasteiger partial charge is 0.173 e. The molecule has 0 aliphatic rings. The first-order chi connectivity index (χ1) is 9.81. The van der Waals surface area contributed by atoms with Gasteiger partial charge in [-0.2, -0.15) is 10.4 Å². The molecule has 3 rings (SSSR count). The Balaban J connectivity index is 2.02. The molecule has 4 nitrogen and oxygen atoms in total. The minimum atomic E-state index is 0.546. The fourth-order valence-electron chi connectivity index (χ4n) is 2.13. The second-order valence-electron chi connectivity index (χ2n) is 4.32. The van der Waals surface area contributed by atoms with Crippen LogP contribution >= 0.6 is 11.8 Å². The van der Waals surface area contributed by atoms with Crippen molar-refractivity contribution in [3.8, 4) is 6.07 Å². The van der Waals surface area contributed by atoms with E-state index in [0.29, 0.717) is 17.6 Å². The van der Waals surface area contributed by atoms with E-state index in [9.17, 15) is 0 Å². The van der Waals surface area contributed by atoms with Crippen LogP contribution in [0.1, 0.15) is 17.0 Å². The lowest BCUT2D eigenvalue weighted by molar-refractivity contribution is 0.893. The van der Waals surface area contributed by atoms with Crippen LogP contribution in [-0.2, 0) is 6.42 Å². The lowest BCUT2D eigenvalue weighted by Gasteiger charge is -2.03. The third-order valence-electron chi connectivity index (χ3n) is 3.07. The Morgan fingerprint density at radius 2 is 2.10 bits per heavy atom. The molecule has 2 aromatic heterocycles. The average Bonchev–Trinajstić information content (AvgIpc) is 2.90. The van der Waals surface area contributed by atoms with E-state index in [4.69, 9.17) is 5.26 Å². The van der Waals surface area contributed by atoms with Crippen molar-refractivity contribution in [2.75, 3.05) is 6.26 Å². The van der Waals surface area contributed by atoms with Gasteiger partial charge in [-0.05, 0) is 30.0 Å². The molecule has 0 aliphatic carbocycles. The van der Waals surface area contributed by atoms with E-state index in [-0.39, 0.29) is 0 Å². The molecule has 0 fully saturated rings. The number of hydrogen-bond donors (Lipinski definition) is 0. The summed E-state index contributed by atoms with van der Waals surface area (Å²) in [5.74, 6) is 0.731. The van der Waals surface area contributed by atoms with Crippen molar-refractivity contribution in [2.45, 2.75) is 11.3 Å². The number of fused-ring (bicyclic) bond motifs is 1. The standard InChI is InChI=1S/C15H12N4S/c1-20-13-7-3-2-5-11(13)9-14-17-15-12(10-16)6-4-8-19(15)18-14/h2-8H,9H2,1H3. The van der Waals surface area contributed by atoms with Crippen LogP contribution in [-0.4, -0.2) is 20.9 Å². The van der Waals surface area contributed by atoms with Gasteiger partial charge in [-0.15, -0.1) is 11.8 Å². The van der Waals surface area contributed by atoms with Gasteiger partial charge in [0, 0.05) is 17.5 Å². The van der Waals surface area contributed by atoms with Crippen molar-refractivity contribution in [3.63, 3.8) is 0 Å². The summed E-state index contributed by atoms with van der Waals surface area (Å²) in [6.45, 7) is 0. The summed E-state index contributed by atoms with van der Waals surface area (Å²) in [5.41, 5.74) is 2.37. The number of thioether (sulfide) groups is 1. The van der Waals surface area contributed by atoms with E-state index in [0.717, 1.165) is 5.82 Å². The van der Waals surface area contributed by atoms with Crippen LogP contribution in [0.5, 0.6) is 0 Å². The highest BCUT2D eigenvalue weighted by Crippen LogP contribution is 2.22. The zero-order valence-corrected chi connectivity index (χ0v) is 11.8. The molecule has 98 valence electrons. The summed E-state index contributed by atoms with van der Waals surface area (Å²) in [7, 11) is 0. The van der Waals surface area contributed by atoms with E-state index in [1.807, 2.05) is 18.3 Å². The number of nitriles is 1. The summed E-state index contributed by atoms with van der Waals surface area (Å²) in [6.07, 6.45) is 4.54. The third-order valence-corrected chi connectivity index (χ3v) is 3.91.